The Kier molecular flexibility index (Phi) is 8.53. The Balaban J connectivity index is 1.49. The summed E-state index contributed by atoms with van der Waals surface area (Å²) in [4.78, 5) is 32.0. The number of nitrogens with one attached hydrogen (secondary N) is 2. The van der Waals surface area contributed by atoms with Gasteiger partial charge in [0.1, 0.15) is 0 Å². The standard InChI is InChI=1S/C29H35N5O3/c1-4-27(35)32-26-7-5-6-19-8-9-20(18-23(19)26)25-15-14-24(30)28(33-25)29(36)31-21-10-12-22(13-11-21)34(2)16-17-37-3/h4-9,14-15,18,21-22H,1,10-13,16-17,30H2,2-3H3,(H,31,36)(H,32,35)/t21-,22+. The number of methoxy groups -OCH3 is 1. The molecule has 37 heavy (non-hydrogen) atoms. The van der Waals surface area contributed by atoms with Crippen molar-refractivity contribution < 1.29 is 14.3 Å². The number of hydrogen-bond acceptors (Lipinski definition) is 6. The first-order valence-electron chi connectivity index (χ1n) is 12.6. The molecule has 2 amide bonds. The van der Waals surface area contributed by atoms with Crippen LogP contribution in [0.3, 0.4) is 0 Å². The number of fused-ring (bicyclic) bond motifs is 1. The Morgan fingerprint density at radius 1 is 1.16 bits per heavy atom. The van der Waals surface area contributed by atoms with Gasteiger partial charge in [0.15, 0.2) is 5.69 Å². The SMILES string of the molecule is C=CC(=O)Nc1cccc2ccc(-c3ccc(N)c(C(=O)N[C@H]4CC[C@@H](N(C)CCOC)CC4)n3)cc12. The second kappa shape index (κ2) is 12.0. The summed E-state index contributed by atoms with van der Waals surface area (Å²) in [7, 11) is 3.85. The number of carbonyl (C=O) groups excluding carboxylic acids is 2. The molecule has 3 aromatic rings. The molecule has 1 saturated carbocycles. The maximum absolute atomic E-state index is 13.2. The summed E-state index contributed by atoms with van der Waals surface area (Å²) in [5.74, 6) is -0.534. The summed E-state index contributed by atoms with van der Waals surface area (Å²) < 4.78 is 5.19. The highest BCUT2D eigenvalue weighted by molar-refractivity contribution is 6.06. The van der Waals surface area contributed by atoms with Crippen molar-refractivity contribution in [3.8, 4) is 11.3 Å². The number of anilines is 2. The fraction of sp³-hybridized carbons (Fsp3) is 0.345. The minimum absolute atomic E-state index is 0.0983. The quantitative estimate of drug-likeness (QED) is 0.379. The average molecular weight is 502 g/mol. The van der Waals surface area contributed by atoms with Crippen molar-refractivity contribution >= 4 is 34.0 Å². The van der Waals surface area contributed by atoms with E-state index in [0.29, 0.717) is 23.1 Å². The topological polar surface area (TPSA) is 110 Å². The van der Waals surface area contributed by atoms with Crippen molar-refractivity contribution in [1.82, 2.24) is 15.2 Å². The van der Waals surface area contributed by atoms with E-state index in [0.717, 1.165) is 55.2 Å². The van der Waals surface area contributed by atoms with Crippen molar-refractivity contribution in [2.24, 2.45) is 0 Å². The molecule has 2 aromatic carbocycles. The molecule has 1 aliphatic carbocycles. The molecule has 194 valence electrons. The van der Waals surface area contributed by atoms with Gasteiger partial charge >= 0.3 is 0 Å². The number of benzene rings is 2. The number of ether oxygens (including phenoxy) is 1. The van der Waals surface area contributed by atoms with Crippen molar-refractivity contribution in [3.63, 3.8) is 0 Å². The molecule has 4 N–H and O–H groups in total. The van der Waals surface area contributed by atoms with Gasteiger partial charge in [-0.3, -0.25) is 9.59 Å². The zero-order chi connectivity index (χ0) is 26.4. The van der Waals surface area contributed by atoms with Crippen LogP contribution in [0.1, 0.15) is 36.2 Å². The Morgan fingerprint density at radius 2 is 1.95 bits per heavy atom. The fourth-order valence-corrected chi connectivity index (χ4v) is 4.87. The number of carbonyl (C=O) groups is 2. The van der Waals surface area contributed by atoms with Crippen LogP contribution >= 0.6 is 0 Å². The average Bonchev–Trinajstić information content (AvgIpc) is 2.92. The van der Waals surface area contributed by atoms with Crippen LogP contribution in [0.15, 0.2) is 61.2 Å². The number of amides is 2. The van der Waals surface area contributed by atoms with Gasteiger partial charge in [-0.2, -0.15) is 0 Å². The summed E-state index contributed by atoms with van der Waals surface area (Å²) >= 11 is 0. The molecule has 1 aliphatic rings. The lowest BCUT2D eigenvalue weighted by Gasteiger charge is -2.34. The van der Waals surface area contributed by atoms with E-state index in [-0.39, 0.29) is 23.6 Å². The second-order valence-corrected chi connectivity index (χ2v) is 9.52. The maximum Gasteiger partial charge on any atom is 0.272 e. The van der Waals surface area contributed by atoms with Gasteiger partial charge in [0.25, 0.3) is 5.91 Å². The summed E-state index contributed by atoms with van der Waals surface area (Å²) in [6, 6.07) is 15.7. The molecule has 0 unspecified atom stereocenters. The highest BCUT2D eigenvalue weighted by atomic mass is 16.5. The van der Waals surface area contributed by atoms with E-state index < -0.39 is 0 Å². The molecule has 4 rings (SSSR count). The summed E-state index contributed by atoms with van der Waals surface area (Å²) in [5.41, 5.74) is 8.87. The Morgan fingerprint density at radius 3 is 2.68 bits per heavy atom. The zero-order valence-electron chi connectivity index (χ0n) is 21.5. The van der Waals surface area contributed by atoms with Gasteiger partial charge in [0, 0.05) is 42.4 Å². The number of likely N-dealkylation sites (N-methyl/N-ethyl adjacent to an activating group) is 1. The summed E-state index contributed by atoms with van der Waals surface area (Å²) in [6.07, 6.45) is 5.11. The van der Waals surface area contributed by atoms with Crippen LogP contribution in [-0.4, -0.2) is 61.1 Å². The van der Waals surface area contributed by atoms with Crippen LogP contribution in [0, 0.1) is 0 Å². The summed E-state index contributed by atoms with van der Waals surface area (Å²) in [6.45, 7) is 5.15. The molecule has 0 aliphatic heterocycles. The van der Waals surface area contributed by atoms with Gasteiger partial charge in [-0.05, 0) is 68.5 Å². The molecule has 1 aromatic heterocycles. The number of pyridine rings is 1. The normalized spacial score (nSPS) is 17.5. The van der Waals surface area contributed by atoms with Gasteiger partial charge in [-0.1, -0.05) is 30.8 Å². The molecule has 0 saturated heterocycles. The van der Waals surface area contributed by atoms with Crippen molar-refractivity contribution in [3.05, 3.63) is 66.9 Å². The van der Waals surface area contributed by atoms with Gasteiger partial charge < -0.3 is 26.0 Å². The third-order valence-electron chi connectivity index (χ3n) is 7.07. The third kappa shape index (κ3) is 6.34. The highest BCUT2D eigenvalue weighted by Gasteiger charge is 2.26. The Labute approximate surface area is 217 Å². The third-order valence-corrected chi connectivity index (χ3v) is 7.07. The van der Waals surface area contributed by atoms with Gasteiger partial charge in [-0.25, -0.2) is 4.98 Å². The number of rotatable bonds is 9. The highest BCUT2D eigenvalue weighted by Crippen LogP contribution is 2.30. The van der Waals surface area contributed by atoms with Crippen molar-refractivity contribution in [2.75, 3.05) is 38.4 Å². The first-order valence-corrected chi connectivity index (χ1v) is 12.6. The predicted molar refractivity (Wildman–Crippen MR) is 148 cm³/mol. The van der Waals surface area contributed by atoms with Crippen LogP contribution in [0.4, 0.5) is 11.4 Å². The molecule has 0 atom stereocenters. The van der Waals surface area contributed by atoms with E-state index in [4.69, 9.17) is 10.5 Å². The van der Waals surface area contributed by atoms with Crippen LogP contribution in [0.2, 0.25) is 0 Å². The second-order valence-electron chi connectivity index (χ2n) is 9.52. The van der Waals surface area contributed by atoms with Gasteiger partial charge in [0.2, 0.25) is 5.91 Å². The van der Waals surface area contributed by atoms with Crippen LogP contribution in [-0.2, 0) is 9.53 Å². The fourth-order valence-electron chi connectivity index (χ4n) is 4.87. The van der Waals surface area contributed by atoms with Crippen molar-refractivity contribution in [1.29, 1.82) is 0 Å². The number of aromatic nitrogens is 1. The van der Waals surface area contributed by atoms with E-state index in [1.165, 1.54) is 6.08 Å². The van der Waals surface area contributed by atoms with Crippen LogP contribution in [0.5, 0.6) is 0 Å². The van der Waals surface area contributed by atoms with E-state index in [1.54, 1.807) is 19.2 Å². The minimum atomic E-state index is -0.280. The lowest BCUT2D eigenvalue weighted by molar-refractivity contribution is -0.111. The Bertz CT molecular complexity index is 1280. The molecule has 0 radical (unpaired) electrons. The monoisotopic (exact) mass is 501 g/mol. The minimum Gasteiger partial charge on any atom is -0.397 e. The first kappa shape index (κ1) is 26.3. The molecule has 8 heteroatoms. The lowest BCUT2D eigenvalue weighted by atomic mass is 9.90. The van der Waals surface area contributed by atoms with Crippen LogP contribution in [0.25, 0.3) is 22.0 Å². The zero-order valence-corrected chi connectivity index (χ0v) is 21.5. The van der Waals surface area contributed by atoms with E-state index in [1.807, 2.05) is 36.4 Å². The summed E-state index contributed by atoms with van der Waals surface area (Å²) in [5, 5.41) is 7.83. The van der Waals surface area contributed by atoms with Gasteiger partial charge in [0.05, 0.1) is 18.0 Å². The molecule has 0 spiro atoms. The largest absolute Gasteiger partial charge is 0.397 e. The smallest absolute Gasteiger partial charge is 0.272 e. The Hall–Kier alpha value is -3.75. The molecule has 1 fully saturated rings. The predicted octanol–water partition coefficient (Wildman–Crippen LogP) is 4.23. The maximum atomic E-state index is 13.2. The van der Waals surface area contributed by atoms with E-state index >= 15 is 0 Å². The van der Waals surface area contributed by atoms with Crippen molar-refractivity contribution in [2.45, 2.75) is 37.8 Å². The van der Waals surface area contributed by atoms with E-state index in [9.17, 15) is 9.59 Å². The molecular formula is C29H35N5O3. The molecular weight excluding hydrogens is 466 g/mol. The van der Waals surface area contributed by atoms with Crippen LogP contribution < -0.4 is 16.4 Å². The lowest BCUT2D eigenvalue weighted by Crippen LogP contribution is -2.43. The molecule has 1 heterocycles. The first-order chi connectivity index (χ1) is 17.9. The molecule has 8 nitrogen and oxygen atoms in total. The van der Waals surface area contributed by atoms with E-state index in [2.05, 4.69) is 34.1 Å². The number of nitrogens with two attached hydrogens (primary N) is 1. The number of nitrogen functional groups attached to an aromatic ring is 1. The molecule has 0 bridgehead atoms. The van der Waals surface area contributed by atoms with Gasteiger partial charge in [-0.15, -0.1) is 0 Å². The number of hydrogen-bond donors (Lipinski definition) is 3. The number of nitrogens with zero attached hydrogens (tertiary/aromatic N) is 2.